The van der Waals surface area contributed by atoms with Crippen LogP contribution in [0, 0.1) is 17.1 Å². The van der Waals surface area contributed by atoms with E-state index in [2.05, 4.69) is 6.07 Å². The first-order chi connectivity index (χ1) is 13.6. The van der Waals surface area contributed by atoms with Crippen molar-refractivity contribution >= 4 is 23.7 Å². The van der Waals surface area contributed by atoms with Gasteiger partial charge < -0.3 is 4.74 Å². The summed E-state index contributed by atoms with van der Waals surface area (Å²) < 4.78 is 18.1. The van der Waals surface area contributed by atoms with Gasteiger partial charge in [-0.15, -0.1) is 0 Å². The van der Waals surface area contributed by atoms with Crippen molar-refractivity contribution in [1.82, 2.24) is 0 Å². The molecule has 0 N–H and O–H groups in total. The Morgan fingerprint density at radius 2 is 1.54 bits per heavy atom. The Balaban J connectivity index is 1.65. The summed E-state index contributed by atoms with van der Waals surface area (Å²) in [6.07, 6.45) is 4.61. The zero-order valence-corrected chi connectivity index (χ0v) is 14.9. The summed E-state index contributed by atoms with van der Waals surface area (Å²) in [5.41, 5.74) is 2.91. The smallest absolute Gasteiger partial charge is 0.336 e. The Labute approximate surface area is 162 Å². The van der Waals surface area contributed by atoms with Gasteiger partial charge in [-0.1, -0.05) is 54.6 Å². The molecule has 136 valence electrons. The van der Waals surface area contributed by atoms with Crippen LogP contribution in [0.4, 0.5) is 4.39 Å². The lowest BCUT2D eigenvalue weighted by Crippen LogP contribution is -2.03. The summed E-state index contributed by atoms with van der Waals surface area (Å²) in [5, 5.41) is 9.37. The van der Waals surface area contributed by atoms with Crippen molar-refractivity contribution in [2.45, 2.75) is 0 Å². The van der Waals surface area contributed by atoms with Gasteiger partial charge in [0, 0.05) is 6.08 Å². The lowest BCUT2D eigenvalue weighted by atomic mass is 10.0. The van der Waals surface area contributed by atoms with Crippen LogP contribution in [0.1, 0.15) is 16.7 Å². The normalized spacial score (nSPS) is 11.2. The van der Waals surface area contributed by atoms with E-state index in [9.17, 15) is 14.4 Å². The van der Waals surface area contributed by atoms with E-state index in [4.69, 9.17) is 4.74 Å². The largest absolute Gasteiger partial charge is 0.423 e. The van der Waals surface area contributed by atoms with Crippen LogP contribution in [0.5, 0.6) is 5.75 Å². The van der Waals surface area contributed by atoms with Gasteiger partial charge in [-0.05, 0) is 53.1 Å². The van der Waals surface area contributed by atoms with Crippen LogP contribution in [-0.2, 0) is 4.79 Å². The number of halogens is 1. The third-order valence-electron chi connectivity index (χ3n) is 3.90. The number of nitrogens with zero attached hydrogens (tertiary/aromatic N) is 1. The number of rotatable bonds is 5. The fourth-order valence-electron chi connectivity index (χ4n) is 2.48. The zero-order chi connectivity index (χ0) is 19.8. The summed E-state index contributed by atoms with van der Waals surface area (Å²) in [5.74, 6) is -0.473. The number of nitriles is 1. The standard InChI is InChI=1S/C24H16FNO2/c25-22-11-6-18(7-12-22)10-15-24(27)28-23-13-8-19(9-14-23)16-21(17-26)20-4-2-1-3-5-20/h1-16H/b15-10+,21-16-. The Hall–Kier alpha value is -3.97. The monoisotopic (exact) mass is 369 g/mol. The predicted octanol–water partition coefficient (Wildman–Crippen LogP) is 5.51. The molecule has 0 amide bonds. The summed E-state index contributed by atoms with van der Waals surface area (Å²) in [4.78, 5) is 11.9. The minimum atomic E-state index is -0.533. The molecule has 0 aliphatic heterocycles. The molecule has 0 atom stereocenters. The van der Waals surface area contributed by atoms with E-state index in [1.165, 1.54) is 18.2 Å². The second-order valence-electron chi connectivity index (χ2n) is 5.91. The highest BCUT2D eigenvalue weighted by Gasteiger charge is 2.03. The maximum Gasteiger partial charge on any atom is 0.336 e. The lowest BCUT2D eigenvalue weighted by Gasteiger charge is -2.03. The summed E-state index contributed by atoms with van der Waals surface area (Å²) in [6, 6.07) is 24.2. The van der Waals surface area contributed by atoms with Crippen LogP contribution >= 0.6 is 0 Å². The molecule has 28 heavy (non-hydrogen) atoms. The van der Waals surface area contributed by atoms with E-state index >= 15 is 0 Å². The first-order valence-electron chi connectivity index (χ1n) is 8.57. The number of hydrogen-bond acceptors (Lipinski definition) is 3. The fraction of sp³-hybridized carbons (Fsp3) is 0. The van der Waals surface area contributed by atoms with Crippen molar-refractivity contribution in [2.75, 3.05) is 0 Å². The summed E-state index contributed by atoms with van der Waals surface area (Å²) >= 11 is 0. The third kappa shape index (κ3) is 5.26. The molecule has 0 heterocycles. The van der Waals surface area contributed by atoms with Gasteiger partial charge in [0.1, 0.15) is 11.6 Å². The van der Waals surface area contributed by atoms with E-state index in [0.717, 1.165) is 11.1 Å². The van der Waals surface area contributed by atoms with Crippen LogP contribution in [0.25, 0.3) is 17.7 Å². The number of allylic oxidation sites excluding steroid dienone is 1. The van der Waals surface area contributed by atoms with E-state index < -0.39 is 5.97 Å². The zero-order valence-electron chi connectivity index (χ0n) is 14.9. The molecular formula is C24H16FNO2. The van der Waals surface area contributed by atoms with Gasteiger partial charge in [-0.3, -0.25) is 0 Å². The first kappa shape index (κ1) is 18.8. The molecule has 0 unspecified atom stereocenters. The number of hydrogen-bond donors (Lipinski definition) is 0. The third-order valence-corrected chi connectivity index (χ3v) is 3.90. The maximum absolute atomic E-state index is 12.9. The molecule has 3 aromatic carbocycles. The number of ether oxygens (including phenoxy) is 1. The van der Waals surface area contributed by atoms with E-state index in [1.54, 1.807) is 48.6 Å². The predicted molar refractivity (Wildman–Crippen MR) is 107 cm³/mol. The van der Waals surface area contributed by atoms with Crippen molar-refractivity contribution in [3.05, 3.63) is 107 Å². The van der Waals surface area contributed by atoms with Crippen molar-refractivity contribution in [1.29, 1.82) is 5.26 Å². The van der Waals surface area contributed by atoms with E-state index in [0.29, 0.717) is 16.9 Å². The molecule has 0 spiro atoms. The topological polar surface area (TPSA) is 50.1 Å². The minimum absolute atomic E-state index is 0.333. The number of esters is 1. The molecule has 3 rings (SSSR count). The highest BCUT2D eigenvalue weighted by Crippen LogP contribution is 2.19. The molecule has 0 bridgehead atoms. The number of carbonyl (C=O) groups is 1. The second-order valence-corrected chi connectivity index (χ2v) is 5.91. The van der Waals surface area contributed by atoms with Crippen molar-refractivity contribution in [3.63, 3.8) is 0 Å². The van der Waals surface area contributed by atoms with Crippen LogP contribution < -0.4 is 4.74 Å². The van der Waals surface area contributed by atoms with Crippen LogP contribution in [-0.4, -0.2) is 5.97 Å². The SMILES string of the molecule is N#C/C(=C/c1ccc(OC(=O)/C=C/c2ccc(F)cc2)cc1)c1ccccc1. The highest BCUT2D eigenvalue weighted by atomic mass is 19.1. The maximum atomic E-state index is 12.9. The Bertz CT molecular complexity index is 1040. The molecule has 0 saturated heterocycles. The molecule has 0 fully saturated rings. The van der Waals surface area contributed by atoms with Crippen molar-refractivity contribution in [2.24, 2.45) is 0 Å². The Morgan fingerprint density at radius 3 is 2.18 bits per heavy atom. The van der Waals surface area contributed by atoms with Gasteiger partial charge in [-0.2, -0.15) is 5.26 Å². The molecule has 0 radical (unpaired) electrons. The van der Waals surface area contributed by atoms with Crippen LogP contribution in [0.15, 0.2) is 84.9 Å². The van der Waals surface area contributed by atoms with Gasteiger partial charge in [-0.25, -0.2) is 9.18 Å². The molecule has 3 nitrogen and oxygen atoms in total. The van der Waals surface area contributed by atoms with Gasteiger partial charge in [0.15, 0.2) is 0 Å². The fourth-order valence-corrected chi connectivity index (χ4v) is 2.48. The molecule has 0 saturated carbocycles. The molecule has 4 heteroatoms. The van der Waals surface area contributed by atoms with E-state index in [-0.39, 0.29) is 5.82 Å². The Morgan fingerprint density at radius 1 is 0.893 bits per heavy atom. The number of carbonyl (C=O) groups excluding carboxylic acids is 1. The first-order valence-corrected chi connectivity index (χ1v) is 8.57. The minimum Gasteiger partial charge on any atom is -0.423 e. The summed E-state index contributed by atoms with van der Waals surface area (Å²) in [6.45, 7) is 0. The average molecular weight is 369 g/mol. The number of benzene rings is 3. The van der Waals surface area contributed by atoms with Gasteiger partial charge in [0.2, 0.25) is 0 Å². The molecule has 0 aliphatic carbocycles. The second kappa shape index (κ2) is 9.11. The van der Waals surface area contributed by atoms with Crippen LogP contribution in [0.3, 0.4) is 0 Å². The van der Waals surface area contributed by atoms with Crippen LogP contribution in [0.2, 0.25) is 0 Å². The molecule has 0 aliphatic rings. The van der Waals surface area contributed by atoms with Gasteiger partial charge in [0.05, 0.1) is 11.6 Å². The molecular weight excluding hydrogens is 353 g/mol. The summed E-state index contributed by atoms with van der Waals surface area (Å²) in [7, 11) is 0. The van der Waals surface area contributed by atoms with Crippen molar-refractivity contribution < 1.29 is 13.9 Å². The van der Waals surface area contributed by atoms with Gasteiger partial charge >= 0.3 is 5.97 Å². The molecule has 0 aromatic heterocycles. The average Bonchev–Trinajstić information content (AvgIpc) is 2.73. The Kier molecular flexibility index (Phi) is 6.12. The molecule has 3 aromatic rings. The van der Waals surface area contributed by atoms with Gasteiger partial charge in [0.25, 0.3) is 0 Å². The lowest BCUT2D eigenvalue weighted by molar-refractivity contribution is -0.128. The van der Waals surface area contributed by atoms with Crippen molar-refractivity contribution in [3.8, 4) is 11.8 Å². The highest BCUT2D eigenvalue weighted by molar-refractivity contribution is 5.90. The van der Waals surface area contributed by atoms with E-state index in [1.807, 2.05) is 30.3 Å². The quantitative estimate of drug-likeness (QED) is 0.196.